The molecule has 1 aliphatic carbocycles. The lowest BCUT2D eigenvalue weighted by molar-refractivity contribution is -0.305. The average Bonchev–Trinajstić information content (AvgIpc) is 2.23. The monoisotopic (exact) mass is 354 g/mol. The van der Waals surface area contributed by atoms with Crippen molar-refractivity contribution in [2.75, 3.05) is 13.2 Å². The molecule has 94 valence electrons. The Kier molecular flexibility index (Phi) is 3.76. The van der Waals surface area contributed by atoms with E-state index in [1.54, 1.807) is 0 Å². The summed E-state index contributed by atoms with van der Waals surface area (Å²) in [5, 5.41) is 0. The van der Waals surface area contributed by atoms with Crippen LogP contribution in [0, 0.1) is 11.3 Å². The number of alkyl halides is 2. The van der Waals surface area contributed by atoms with Crippen molar-refractivity contribution < 1.29 is 9.47 Å². The van der Waals surface area contributed by atoms with Crippen LogP contribution in [0.5, 0.6) is 0 Å². The van der Waals surface area contributed by atoms with E-state index in [4.69, 9.17) is 9.47 Å². The van der Waals surface area contributed by atoms with Gasteiger partial charge in [0.25, 0.3) is 0 Å². The summed E-state index contributed by atoms with van der Waals surface area (Å²) in [6.07, 6.45) is 2.33. The molecule has 0 radical (unpaired) electrons. The molecule has 16 heavy (non-hydrogen) atoms. The van der Waals surface area contributed by atoms with Crippen molar-refractivity contribution in [1.82, 2.24) is 0 Å². The van der Waals surface area contributed by atoms with Crippen LogP contribution in [0.1, 0.15) is 33.6 Å². The predicted octanol–water partition coefficient (Wildman–Crippen LogP) is 3.71. The summed E-state index contributed by atoms with van der Waals surface area (Å²) in [5.41, 5.74) is 0.130. The van der Waals surface area contributed by atoms with Crippen LogP contribution in [0.2, 0.25) is 0 Å². The summed E-state index contributed by atoms with van der Waals surface area (Å²) in [6.45, 7) is 8.15. The molecule has 2 fully saturated rings. The molecular weight excluding hydrogens is 336 g/mol. The first-order valence-corrected chi connectivity index (χ1v) is 7.77. The van der Waals surface area contributed by atoms with E-state index in [0.29, 0.717) is 5.92 Å². The lowest BCUT2D eigenvalue weighted by Crippen LogP contribution is -2.61. The number of halogens is 2. The zero-order valence-electron chi connectivity index (χ0n) is 10.1. The van der Waals surface area contributed by atoms with E-state index in [0.717, 1.165) is 19.6 Å². The molecule has 1 aliphatic heterocycles. The SMILES string of the molecule is C[C@@H]1CC[C@@H](Br)C2(OCC(C)(C)CO2)[C@@H]1Br. The molecule has 0 amide bonds. The van der Waals surface area contributed by atoms with Gasteiger partial charge in [0, 0.05) is 5.41 Å². The smallest absolute Gasteiger partial charge is 0.193 e. The largest absolute Gasteiger partial charge is 0.347 e. The molecular formula is C12H20Br2O2. The predicted molar refractivity (Wildman–Crippen MR) is 72.2 cm³/mol. The van der Waals surface area contributed by atoms with Gasteiger partial charge in [-0.25, -0.2) is 0 Å². The van der Waals surface area contributed by atoms with Gasteiger partial charge in [0.15, 0.2) is 5.79 Å². The maximum Gasteiger partial charge on any atom is 0.193 e. The third kappa shape index (κ3) is 2.23. The second kappa shape index (κ2) is 4.52. The van der Waals surface area contributed by atoms with Crippen LogP contribution >= 0.6 is 31.9 Å². The highest BCUT2D eigenvalue weighted by Gasteiger charge is 2.54. The molecule has 0 unspecified atom stereocenters. The number of hydrogen-bond acceptors (Lipinski definition) is 2. The molecule has 0 aromatic carbocycles. The second-order valence-corrected chi connectivity index (χ2v) is 7.98. The number of rotatable bonds is 0. The Balaban J connectivity index is 2.16. The summed E-state index contributed by atoms with van der Waals surface area (Å²) in [7, 11) is 0. The topological polar surface area (TPSA) is 18.5 Å². The molecule has 1 spiro atoms. The highest BCUT2D eigenvalue weighted by atomic mass is 79.9. The minimum Gasteiger partial charge on any atom is -0.347 e. The van der Waals surface area contributed by atoms with Crippen molar-refractivity contribution in [1.29, 1.82) is 0 Å². The Hall–Kier alpha value is 0.880. The van der Waals surface area contributed by atoms with Gasteiger partial charge >= 0.3 is 0 Å². The maximum absolute atomic E-state index is 6.10. The van der Waals surface area contributed by atoms with Crippen molar-refractivity contribution in [3.8, 4) is 0 Å². The Bertz CT molecular complexity index is 258. The molecule has 1 saturated carbocycles. The van der Waals surface area contributed by atoms with Crippen LogP contribution < -0.4 is 0 Å². The molecule has 3 atom stereocenters. The van der Waals surface area contributed by atoms with Gasteiger partial charge in [0.05, 0.1) is 22.9 Å². The normalized spacial score (nSPS) is 42.2. The summed E-state index contributed by atoms with van der Waals surface area (Å²) in [5.74, 6) is 0.128. The average molecular weight is 356 g/mol. The Morgan fingerprint density at radius 1 is 1.06 bits per heavy atom. The third-order valence-electron chi connectivity index (χ3n) is 3.57. The molecule has 2 nitrogen and oxygen atoms in total. The molecule has 0 N–H and O–H groups in total. The highest BCUT2D eigenvalue weighted by molar-refractivity contribution is 9.10. The van der Waals surface area contributed by atoms with E-state index in [9.17, 15) is 0 Å². The van der Waals surface area contributed by atoms with Gasteiger partial charge in [-0.3, -0.25) is 0 Å². The van der Waals surface area contributed by atoms with Gasteiger partial charge in [-0.2, -0.15) is 0 Å². The van der Waals surface area contributed by atoms with E-state index in [1.807, 2.05) is 0 Å². The van der Waals surface area contributed by atoms with Gasteiger partial charge in [-0.05, 0) is 18.8 Å². The molecule has 1 heterocycles. The van der Waals surface area contributed by atoms with E-state index in [-0.39, 0.29) is 15.1 Å². The van der Waals surface area contributed by atoms with E-state index < -0.39 is 5.79 Å². The fourth-order valence-corrected chi connectivity index (χ4v) is 4.38. The van der Waals surface area contributed by atoms with Crippen molar-refractivity contribution >= 4 is 31.9 Å². The maximum atomic E-state index is 6.10. The van der Waals surface area contributed by atoms with Crippen LogP contribution in [-0.4, -0.2) is 28.7 Å². The molecule has 2 rings (SSSR count). The van der Waals surface area contributed by atoms with Crippen molar-refractivity contribution in [2.24, 2.45) is 11.3 Å². The van der Waals surface area contributed by atoms with Crippen molar-refractivity contribution in [3.05, 3.63) is 0 Å². The van der Waals surface area contributed by atoms with Gasteiger partial charge in [0.1, 0.15) is 0 Å². The second-order valence-electron chi connectivity index (χ2n) is 5.89. The van der Waals surface area contributed by atoms with Crippen molar-refractivity contribution in [2.45, 2.75) is 49.1 Å². The molecule has 2 aliphatic rings. The standard InChI is InChI=1S/C12H20Br2O2/c1-8-4-5-9(13)12(10(8)14)15-6-11(2,3)7-16-12/h8-10H,4-7H2,1-3H3/t8-,9-,10-/m1/s1. The molecule has 0 aromatic heterocycles. The lowest BCUT2D eigenvalue weighted by atomic mass is 9.83. The Labute approximate surface area is 115 Å². The van der Waals surface area contributed by atoms with E-state index >= 15 is 0 Å². The van der Waals surface area contributed by atoms with Crippen LogP contribution in [0.25, 0.3) is 0 Å². The summed E-state index contributed by atoms with van der Waals surface area (Å²) in [6, 6.07) is 0. The van der Waals surface area contributed by atoms with Crippen LogP contribution in [-0.2, 0) is 9.47 Å². The first-order valence-electron chi connectivity index (χ1n) is 5.93. The lowest BCUT2D eigenvalue weighted by Gasteiger charge is -2.52. The Morgan fingerprint density at radius 3 is 2.19 bits per heavy atom. The van der Waals surface area contributed by atoms with Gasteiger partial charge in [-0.1, -0.05) is 52.6 Å². The van der Waals surface area contributed by atoms with E-state index in [2.05, 4.69) is 52.6 Å². The quantitative estimate of drug-likeness (QED) is 0.616. The minimum absolute atomic E-state index is 0.130. The zero-order chi connectivity index (χ0) is 12.0. The Morgan fingerprint density at radius 2 is 1.62 bits per heavy atom. The molecule has 0 bridgehead atoms. The number of ether oxygens (including phenoxy) is 2. The zero-order valence-corrected chi connectivity index (χ0v) is 13.3. The summed E-state index contributed by atoms with van der Waals surface area (Å²) < 4.78 is 12.2. The fourth-order valence-electron chi connectivity index (χ4n) is 2.37. The number of hydrogen-bond donors (Lipinski definition) is 0. The van der Waals surface area contributed by atoms with Crippen molar-refractivity contribution in [3.63, 3.8) is 0 Å². The molecule has 4 heteroatoms. The van der Waals surface area contributed by atoms with Crippen LogP contribution in [0.4, 0.5) is 0 Å². The minimum atomic E-state index is -0.465. The summed E-state index contributed by atoms with van der Waals surface area (Å²) >= 11 is 7.50. The molecule has 0 aromatic rings. The van der Waals surface area contributed by atoms with Crippen LogP contribution in [0.15, 0.2) is 0 Å². The fraction of sp³-hybridized carbons (Fsp3) is 1.00. The highest BCUT2D eigenvalue weighted by Crippen LogP contribution is 2.47. The molecule has 1 saturated heterocycles. The summed E-state index contributed by atoms with van der Waals surface area (Å²) in [4.78, 5) is 0.561. The van der Waals surface area contributed by atoms with Gasteiger partial charge < -0.3 is 9.47 Å². The van der Waals surface area contributed by atoms with Gasteiger partial charge in [-0.15, -0.1) is 0 Å². The third-order valence-corrected chi connectivity index (χ3v) is 6.21. The van der Waals surface area contributed by atoms with E-state index in [1.165, 1.54) is 6.42 Å². The van der Waals surface area contributed by atoms with Gasteiger partial charge in [0.2, 0.25) is 0 Å². The first-order chi connectivity index (χ1) is 7.37. The first kappa shape index (κ1) is 13.3. The van der Waals surface area contributed by atoms with Crippen LogP contribution in [0.3, 0.4) is 0 Å².